The molecule has 6 nitrogen and oxygen atoms in total. The number of hydrogen-bond donors (Lipinski definition) is 1. The van der Waals surface area contributed by atoms with Gasteiger partial charge in [-0.1, -0.05) is 0 Å². The van der Waals surface area contributed by atoms with E-state index in [-0.39, 0.29) is 0 Å². The number of anilines is 1. The number of hydrogen-bond acceptors (Lipinski definition) is 5. The van der Waals surface area contributed by atoms with Crippen LogP contribution in [0.5, 0.6) is 0 Å². The lowest BCUT2D eigenvalue weighted by atomic mass is 10.2. The van der Waals surface area contributed by atoms with Crippen LogP contribution in [0.4, 0.5) is 5.82 Å². The second kappa shape index (κ2) is 5.29. The van der Waals surface area contributed by atoms with E-state index in [2.05, 4.69) is 9.72 Å². The van der Waals surface area contributed by atoms with Gasteiger partial charge in [-0.3, -0.25) is 0 Å². The van der Waals surface area contributed by atoms with Crippen molar-refractivity contribution in [3.05, 3.63) is 23.9 Å². The molecule has 1 atom stereocenters. The standard InChI is InChI=1S/C11H14N2O4/c1-7(10(14)15)13(2)9-6-8(4-5-12-9)11(16)17-3/h4-7H,1-3H3,(H,14,15). The minimum absolute atomic E-state index is 0.335. The average molecular weight is 238 g/mol. The van der Waals surface area contributed by atoms with Crippen molar-refractivity contribution < 1.29 is 19.4 Å². The third-order valence-corrected chi connectivity index (χ3v) is 2.47. The number of aliphatic carboxylic acids is 1. The van der Waals surface area contributed by atoms with Crippen LogP contribution in [0.25, 0.3) is 0 Å². The smallest absolute Gasteiger partial charge is 0.338 e. The van der Waals surface area contributed by atoms with Crippen LogP contribution in [0.15, 0.2) is 18.3 Å². The molecule has 1 aromatic rings. The van der Waals surface area contributed by atoms with Gasteiger partial charge in [-0.2, -0.15) is 0 Å². The third-order valence-electron chi connectivity index (χ3n) is 2.47. The Labute approximate surface area is 98.8 Å². The highest BCUT2D eigenvalue weighted by Gasteiger charge is 2.19. The van der Waals surface area contributed by atoms with Crippen LogP contribution in [0.2, 0.25) is 0 Å². The van der Waals surface area contributed by atoms with Crippen LogP contribution in [-0.2, 0) is 9.53 Å². The summed E-state index contributed by atoms with van der Waals surface area (Å²) in [7, 11) is 2.88. The summed E-state index contributed by atoms with van der Waals surface area (Å²) in [6, 6.07) is 2.27. The van der Waals surface area contributed by atoms with Crippen molar-refractivity contribution in [1.82, 2.24) is 4.98 Å². The topological polar surface area (TPSA) is 79.7 Å². The van der Waals surface area contributed by atoms with Gasteiger partial charge in [-0.15, -0.1) is 0 Å². The first kappa shape index (κ1) is 13.0. The van der Waals surface area contributed by atoms with Crippen LogP contribution in [0.1, 0.15) is 17.3 Å². The number of carboxylic acid groups (broad SMARTS) is 1. The molecule has 17 heavy (non-hydrogen) atoms. The van der Waals surface area contributed by atoms with Gasteiger partial charge in [0, 0.05) is 13.2 Å². The molecule has 0 aliphatic rings. The number of likely N-dealkylation sites (N-methyl/N-ethyl adjacent to an activating group) is 1. The molecule has 0 spiro atoms. The Kier molecular flexibility index (Phi) is 4.03. The highest BCUT2D eigenvalue weighted by atomic mass is 16.5. The summed E-state index contributed by atoms with van der Waals surface area (Å²) in [6.45, 7) is 1.54. The molecule has 6 heteroatoms. The van der Waals surface area contributed by atoms with Crippen LogP contribution in [0.3, 0.4) is 0 Å². The molecule has 0 aromatic carbocycles. The molecule has 0 saturated heterocycles. The lowest BCUT2D eigenvalue weighted by Gasteiger charge is -2.22. The van der Waals surface area contributed by atoms with E-state index < -0.39 is 18.0 Å². The van der Waals surface area contributed by atoms with Gasteiger partial charge in [-0.25, -0.2) is 14.6 Å². The number of pyridine rings is 1. The van der Waals surface area contributed by atoms with Crippen molar-refractivity contribution in [3.63, 3.8) is 0 Å². The fourth-order valence-corrected chi connectivity index (χ4v) is 1.22. The summed E-state index contributed by atoms with van der Waals surface area (Å²) in [4.78, 5) is 27.6. The van der Waals surface area contributed by atoms with Gasteiger partial charge in [0.2, 0.25) is 0 Å². The first-order chi connectivity index (χ1) is 7.97. The van der Waals surface area contributed by atoms with Gasteiger partial charge in [0.1, 0.15) is 11.9 Å². The summed E-state index contributed by atoms with van der Waals surface area (Å²) < 4.78 is 4.58. The van der Waals surface area contributed by atoms with Crippen LogP contribution in [-0.4, -0.2) is 42.2 Å². The van der Waals surface area contributed by atoms with Crippen molar-refractivity contribution in [2.75, 3.05) is 19.1 Å². The quantitative estimate of drug-likeness (QED) is 0.781. The molecular weight excluding hydrogens is 224 g/mol. The van der Waals surface area contributed by atoms with E-state index in [1.807, 2.05) is 0 Å². The van der Waals surface area contributed by atoms with Gasteiger partial charge in [0.25, 0.3) is 0 Å². The zero-order valence-electron chi connectivity index (χ0n) is 9.88. The van der Waals surface area contributed by atoms with Gasteiger partial charge in [-0.05, 0) is 19.1 Å². The molecule has 1 unspecified atom stereocenters. The normalized spacial score (nSPS) is 11.7. The predicted octanol–water partition coefficient (Wildman–Crippen LogP) is 0.777. The Morgan fingerprint density at radius 1 is 1.53 bits per heavy atom. The molecule has 0 fully saturated rings. The fraction of sp³-hybridized carbons (Fsp3) is 0.364. The average Bonchev–Trinajstić information content (AvgIpc) is 2.36. The molecule has 0 radical (unpaired) electrons. The number of nitrogens with zero attached hydrogens (tertiary/aromatic N) is 2. The Morgan fingerprint density at radius 3 is 2.71 bits per heavy atom. The number of ether oxygens (including phenoxy) is 1. The zero-order valence-corrected chi connectivity index (χ0v) is 9.88. The van der Waals surface area contributed by atoms with Gasteiger partial charge < -0.3 is 14.7 Å². The number of methoxy groups -OCH3 is 1. The van der Waals surface area contributed by atoms with E-state index in [0.717, 1.165) is 0 Å². The maximum Gasteiger partial charge on any atom is 0.338 e. The Morgan fingerprint density at radius 2 is 2.18 bits per heavy atom. The third kappa shape index (κ3) is 2.93. The van der Waals surface area contributed by atoms with Crippen LogP contribution < -0.4 is 4.90 Å². The number of carbonyl (C=O) groups excluding carboxylic acids is 1. The number of carboxylic acids is 1. The Balaban J connectivity index is 2.99. The summed E-state index contributed by atoms with van der Waals surface area (Å²) in [6.07, 6.45) is 1.44. The van der Waals surface area contributed by atoms with E-state index >= 15 is 0 Å². The first-order valence-electron chi connectivity index (χ1n) is 4.97. The van der Waals surface area contributed by atoms with Crippen molar-refractivity contribution in [1.29, 1.82) is 0 Å². The lowest BCUT2D eigenvalue weighted by molar-refractivity contribution is -0.138. The maximum absolute atomic E-state index is 11.3. The van der Waals surface area contributed by atoms with Gasteiger partial charge in [0.05, 0.1) is 12.7 Å². The SMILES string of the molecule is COC(=O)c1ccnc(N(C)C(C)C(=O)O)c1. The largest absolute Gasteiger partial charge is 0.480 e. The van der Waals surface area contributed by atoms with Gasteiger partial charge in [0.15, 0.2) is 0 Å². The molecule has 1 heterocycles. The van der Waals surface area contributed by atoms with Crippen LogP contribution in [0, 0.1) is 0 Å². The highest BCUT2D eigenvalue weighted by Crippen LogP contribution is 2.14. The van der Waals surface area contributed by atoms with Crippen molar-refractivity contribution in [2.24, 2.45) is 0 Å². The molecule has 0 amide bonds. The number of esters is 1. The highest BCUT2D eigenvalue weighted by molar-refractivity contribution is 5.90. The van der Waals surface area contributed by atoms with E-state index in [9.17, 15) is 9.59 Å². The van der Waals surface area contributed by atoms with Crippen molar-refractivity contribution in [3.8, 4) is 0 Å². The number of rotatable bonds is 4. The summed E-state index contributed by atoms with van der Waals surface area (Å²) in [5.74, 6) is -1.04. The molecule has 0 aliphatic carbocycles. The lowest BCUT2D eigenvalue weighted by Crippen LogP contribution is -2.36. The minimum Gasteiger partial charge on any atom is -0.480 e. The van der Waals surface area contributed by atoms with E-state index in [1.54, 1.807) is 7.05 Å². The van der Waals surface area contributed by atoms with Crippen molar-refractivity contribution in [2.45, 2.75) is 13.0 Å². The molecule has 0 bridgehead atoms. The first-order valence-corrected chi connectivity index (χ1v) is 4.97. The van der Waals surface area contributed by atoms with E-state index in [0.29, 0.717) is 11.4 Å². The molecule has 1 N–H and O–H groups in total. The van der Waals surface area contributed by atoms with Gasteiger partial charge >= 0.3 is 11.9 Å². The van der Waals surface area contributed by atoms with Crippen molar-refractivity contribution >= 4 is 17.8 Å². The Bertz CT molecular complexity index is 433. The predicted molar refractivity (Wildman–Crippen MR) is 61.1 cm³/mol. The molecule has 1 rings (SSSR count). The molecule has 92 valence electrons. The number of aromatic nitrogens is 1. The maximum atomic E-state index is 11.3. The summed E-state index contributed by atoms with van der Waals surface area (Å²) >= 11 is 0. The molecule has 0 aliphatic heterocycles. The number of carbonyl (C=O) groups is 2. The monoisotopic (exact) mass is 238 g/mol. The van der Waals surface area contributed by atoms with E-state index in [4.69, 9.17) is 5.11 Å². The zero-order chi connectivity index (χ0) is 13.0. The second-order valence-corrected chi connectivity index (χ2v) is 3.52. The second-order valence-electron chi connectivity index (χ2n) is 3.52. The Hall–Kier alpha value is -2.11. The fourth-order valence-electron chi connectivity index (χ4n) is 1.22. The van der Waals surface area contributed by atoms with Crippen LogP contribution >= 0.6 is 0 Å². The molecular formula is C11H14N2O4. The summed E-state index contributed by atoms with van der Waals surface area (Å²) in [5.41, 5.74) is 0.335. The van der Waals surface area contributed by atoms with E-state index in [1.165, 1.54) is 37.3 Å². The molecule has 1 aromatic heterocycles. The summed E-state index contributed by atoms with van der Waals surface area (Å²) in [5, 5.41) is 8.88. The minimum atomic E-state index is -0.960. The molecule has 0 saturated carbocycles.